The molecule has 2 aromatic heterocycles. The first-order chi connectivity index (χ1) is 14.1. The Morgan fingerprint density at radius 1 is 0.828 bits per heavy atom. The number of benzene rings is 1. The summed E-state index contributed by atoms with van der Waals surface area (Å²) in [7, 11) is 1.64. The largest absolute Gasteiger partial charge is 0.419 e. The van der Waals surface area contributed by atoms with Gasteiger partial charge < -0.3 is 14.8 Å². The Morgan fingerprint density at radius 2 is 1.41 bits per heavy atom. The van der Waals surface area contributed by atoms with Crippen molar-refractivity contribution in [3.05, 3.63) is 83.9 Å². The van der Waals surface area contributed by atoms with Gasteiger partial charge in [0.2, 0.25) is 0 Å². The van der Waals surface area contributed by atoms with Gasteiger partial charge in [-0.1, -0.05) is 0 Å². The number of ether oxygens (including phenoxy) is 2. The van der Waals surface area contributed by atoms with E-state index in [4.69, 9.17) is 9.47 Å². The van der Waals surface area contributed by atoms with Gasteiger partial charge in [0, 0.05) is 30.4 Å². The van der Waals surface area contributed by atoms with Crippen LogP contribution in [0.2, 0.25) is 0 Å². The predicted octanol–water partition coefficient (Wildman–Crippen LogP) is 2.32. The molecule has 0 aliphatic carbocycles. The van der Waals surface area contributed by atoms with E-state index in [1.54, 1.807) is 25.2 Å². The average molecular weight is 391 g/mol. The number of carbonyl (C=O) groups is 3. The molecule has 0 saturated heterocycles. The lowest BCUT2D eigenvalue weighted by atomic mass is 10.1. The fraction of sp³-hybridized carbons (Fsp3) is 0.0952. The van der Waals surface area contributed by atoms with Gasteiger partial charge in [-0.2, -0.15) is 0 Å². The number of likely N-dealkylation sites (N-methyl/N-ethyl adjacent to an activating group) is 1. The molecule has 0 saturated carbocycles. The van der Waals surface area contributed by atoms with Gasteiger partial charge in [0.1, 0.15) is 0 Å². The van der Waals surface area contributed by atoms with Crippen LogP contribution in [0.3, 0.4) is 0 Å². The summed E-state index contributed by atoms with van der Waals surface area (Å²) in [4.78, 5) is 44.7. The monoisotopic (exact) mass is 391 g/mol. The Morgan fingerprint density at radius 3 is 1.93 bits per heavy atom. The van der Waals surface area contributed by atoms with Crippen LogP contribution < -0.4 is 14.8 Å². The SMILES string of the molecule is CNCC(=O)c1ccc(OC(=O)c2cccnc2)c(OC(=O)c2cccnc2)c1. The molecule has 0 bridgehead atoms. The van der Waals surface area contributed by atoms with Gasteiger partial charge in [-0.3, -0.25) is 14.8 Å². The van der Waals surface area contributed by atoms with Crippen molar-refractivity contribution in [2.75, 3.05) is 13.6 Å². The summed E-state index contributed by atoms with van der Waals surface area (Å²) in [5.74, 6) is -1.65. The average Bonchev–Trinajstić information content (AvgIpc) is 2.76. The number of nitrogens with one attached hydrogen (secondary N) is 1. The lowest BCUT2D eigenvalue weighted by molar-refractivity contribution is 0.0681. The summed E-state index contributed by atoms with van der Waals surface area (Å²) < 4.78 is 10.8. The second-order valence-electron chi connectivity index (χ2n) is 5.88. The first-order valence-corrected chi connectivity index (χ1v) is 8.64. The summed E-state index contributed by atoms with van der Waals surface area (Å²) in [6.45, 7) is 0.102. The van der Waals surface area contributed by atoms with Gasteiger partial charge >= 0.3 is 11.9 Å². The quantitative estimate of drug-likeness (QED) is 0.371. The van der Waals surface area contributed by atoms with Crippen LogP contribution in [-0.4, -0.2) is 41.3 Å². The van der Waals surface area contributed by atoms with Crippen LogP contribution in [0.1, 0.15) is 31.1 Å². The van der Waals surface area contributed by atoms with E-state index in [0.717, 1.165) is 0 Å². The molecule has 0 atom stereocenters. The van der Waals surface area contributed by atoms with Crippen molar-refractivity contribution in [2.45, 2.75) is 0 Å². The fourth-order valence-electron chi connectivity index (χ4n) is 2.39. The highest BCUT2D eigenvalue weighted by molar-refractivity contribution is 5.99. The Labute approximate surface area is 166 Å². The highest BCUT2D eigenvalue weighted by Crippen LogP contribution is 2.30. The Kier molecular flexibility index (Phi) is 6.39. The van der Waals surface area contributed by atoms with E-state index >= 15 is 0 Å². The Hall–Kier alpha value is -3.91. The predicted molar refractivity (Wildman–Crippen MR) is 103 cm³/mol. The third-order valence-corrected chi connectivity index (χ3v) is 3.80. The lowest BCUT2D eigenvalue weighted by Crippen LogP contribution is -2.19. The standard InChI is InChI=1S/C21H17N3O5/c1-22-13-17(25)14-6-7-18(28-20(26)15-4-2-8-23-11-15)19(10-14)29-21(27)16-5-3-9-24-12-16/h2-12,22H,13H2,1H3. The third kappa shape index (κ3) is 5.08. The van der Waals surface area contributed by atoms with E-state index in [9.17, 15) is 14.4 Å². The molecule has 0 fully saturated rings. The molecule has 0 radical (unpaired) electrons. The number of Topliss-reactive ketones (excluding diaryl/α,β-unsaturated/α-hetero) is 1. The number of rotatable bonds is 7. The van der Waals surface area contributed by atoms with Crippen molar-refractivity contribution in [2.24, 2.45) is 0 Å². The number of ketones is 1. The summed E-state index contributed by atoms with van der Waals surface area (Å²) in [6, 6.07) is 10.5. The number of nitrogens with zero attached hydrogens (tertiary/aromatic N) is 2. The second-order valence-corrected chi connectivity index (χ2v) is 5.88. The molecule has 1 N–H and O–H groups in total. The van der Waals surface area contributed by atoms with Crippen LogP contribution >= 0.6 is 0 Å². The molecule has 3 aromatic rings. The van der Waals surface area contributed by atoms with Crippen molar-refractivity contribution in [3.8, 4) is 11.5 Å². The van der Waals surface area contributed by atoms with E-state index in [1.807, 2.05) is 0 Å². The minimum absolute atomic E-state index is 0.00268. The Bertz CT molecular complexity index is 1020. The zero-order valence-corrected chi connectivity index (χ0v) is 15.5. The fourth-order valence-corrected chi connectivity index (χ4v) is 2.39. The van der Waals surface area contributed by atoms with Crippen molar-refractivity contribution >= 4 is 17.7 Å². The van der Waals surface area contributed by atoms with Crippen molar-refractivity contribution in [3.63, 3.8) is 0 Å². The van der Waals surface area contributed by atoms with E-state index in [2.05, 4.69) is 15.3 Å². The molecule has 0 aliphatic rings. The zero-order valence-electron chi connectivity index (χ0n) is 15.5. The van der Waals surface area contributed by atoms with Crippen LogP contribution in [0, 0.1) is 0 Å². The molecule has 1 aromatic carbocycles. The van der Waals surface area contributed by atoms with Gasteiger partial charge in [-0.25, -0.2) is 9.59 Å². The van der Waals surface area contributed by atoms with Crippen LogP contribution in [0.5, 0.6) is 11.5 Å². The van der Waals surface area contributed by atoms with Gasteiger partial charge in [0.15, 0.2) is 17.3 Å². The first kappa shape index (κ1) is 19.8. The highest BCUT2D eigenvalue weighted by atomic mass is 16.6. The maximum absolute atomic E-state index is 12.4. The van der Waals surface area contributed by atoms with Gasteiger partial charge in [-0.15, -0.1) is 0 Å². The normalized spacial score (nSPS) is 10.2. The zero-order chi connectivity index (χ0) is 20.6. The molecule has 2 heterocycles. The molecule has 3 rings (SSSR count). The van der Waals surface area contributed by atoms with Crippen LogP contribution in [0.4, 0.5) is 0 Å². The van der Waals surface area contributed by atoms with Crippen LogP contribution in [-0.2, 0) is 0 Å². The highest BCUT2D eigenvalue weighted by Gasteiger charge is 2.19. The molecule has 0 amide bonds. The van der Waals surface area contributed by atoms with Gasteiger partial charge in [0.25, 0.3) is 0 Å². The van der Waals surface area contributed by atoms with E-state index in [-0.39, 0.29) is 35.0 Å². The molecule has 8 nitrogen and oxygen atoms in total. The summed E-state index contributed by atoms with van der Waals surface area (Å²) >= 11 is 0. The van der Waals surface area contributed by atoms with Gasteiger partial charge in [0.05, 0.1) is 17.7 Å². The minimum Gasteiger partial charge on any atom is -0.419 e. The molecule has 0 spiro atoms. The number of hydrogen-bond acceptors (Lipinski definition) is 8. The lowest BCUT2D eigenvalue weighted by Gasteiger charge is -2.12. The Balaban J connectivity index is 1.91. The molecule has 146 valence electrons. The maximum Gasteiger partial charge on any atom is 0.345 e. The van der Waals surface area contributed by atoms with Crippen molar-refractivity contribution in [1.82, 2.24) is 15.3 Å². The number of carbonyl (C=O) groups excluding carboxylic acids is 3. The molecule has 8 heteroatoms. The number of aromatic nitrogens is 2. The third-order valence-electron chi connectivity index (χ3n) is 3.80. The number of hydrogen-bond donors (Lipinski definition) is 1. The topological polar surface area (TPSA) is 107 Å². The first-order valence-electron chi connectivity index (χ1n) is 8.64. The van der Waals surface area contributed by atoms with Crippen LogP contribution in [0.15, 0.2) is 67.3 Å². The molecule has 0 aliphatic heterocycles. The smallest absolute Gasteiger partial charge is 0.345 e. The molecular weight excluding hydrogens is 374 g/mol. The maximum atomic E-state index is 12.4. The number of pyridine rings is 2. The summed E-state index contributed by atoms with van der Waals surface area (Å²) in [6.07, 6.45) is 5.75. The van der Waals surface area contributed by atoms with Crippen molar-refractivity contribution < 1.29 is 23.9 Å². The second kappa shape index (κ2) is 9.34. The van der Waals surface area contributed by atoms with E-state index in [0.29, 0.717) is 5.56 Å². The van der Waals surface area contributed by atoms with E-state index in [1.165, 1.54) is 49.1 Å². The van der Waals surface area contributed by atoms with Crippen molar-refractivity contribution in [1.29, 1.82) is 0 Å². The molecule has 0 unspecified atom stereocenters. The summed E-state index contributed by atoms with van der Waals surface area (Å²) in [5, 5.41) is 2.76. The molecule has 29 heavy (non-hydrogen) atoms. The van der Waals surface area contributed by atoms with Crippen LogP contribution in [0.25, 0.3) is 0 Å². The van der Waals surface area contributed by atoms with E-state index < -0.39 is 11.9 Å². The van der Waals surface area contributed by atoms with Gasteiger partial charge in [-0.05, 0) is 49.5 Å². The molecular formula is C21H17N3O5. The minimum atomic E-state index is -0.699. The number of esters is 2. The summed E-state index contributed by atoms with van der Waals surface area (Å²) in [5.41, 5.74) is 0.742.